The monoisotopic (exact) mass is 343 g/mol. The van der Waals surface area contributed by atoms with E-state index in [1.165, 1.54) is 19.3 Å². The minimum absolute atomic E-state index is 0.0433. The summed E-state index contributed by atoms with van der Waals surface area (Å²) in [5, 5.41) is 3.21. The van der Waals surface area contributed by atoms with Gasteiger partial charge in [0.25, 0.3) is 5.91 Å². The lowest BCUT2D eigenvalue weighted by atomic mass is 9.53. The third-order valence-electron chi connectivity index (χ3n) is 6.10. The third-order valence-corrected chi connectivity index (χ3v) is 6.10. The Morgan fingerprint density at radius 1 is 1.04 bits per heavy atom. The Bertz CT molecular complexity index is 631. The summed E-state index contributed by atoms with van der Waals surface area (Å²) >= 11 is 0. The smallest absolute Gasteiger partial charge is 0.338 e. The molecule has 0 radical (unpaired) electrons. The van der Waals surface area contributed by atoms with Crippen molar-refractivity contribution in [3.8, 4) is 5.75 Å². The molecule has 5 rings (SSSR count). The van der Waals surface area contributed by atoms with Crippen LogP contribution in [0.15, 0.2) is 24.3 Å². The van der Waals surface area contributed by atoms with Crippen LogP contribution in [0.5, 0.6) is 5.75 Å². The Balaban J connectivity index is 1.31. The van der Waals surface area contributed by atoms with Gasteiger partial charge in [-0.3, -0.25) is 4.79 Å². The number of esters is 1. The van der Waals surface area contributed by atoms with E-state index in [0.717, 1.165) is 37.0 Å². The summed E-state index contributed by atoms with van der Waals surface area (Å²) in [6, 6.07) is 6.68. The van der Waals surface area contributed by atoms with Gasteiger partial charge in [-0.2, -0.15) is 0 Å². The van der Waals surface area contributed by atoms with Gasteiger partial charge in [-0.1, -0.05) is 0 Å². The van der Waals surface area contributed by atoms with Crippen molar-refractivity contribution in [2.24, 2.45) is 17.8 Å². The molecule has 4 aliphatic rings. The highest BCUT2D eigenvalue weighted by atomic mass is 16.5. The highest BCUT2D eigenvalue weighted by Gasteiger charge is 2.51. The molecule has 0 spiro atoms. The Kier molecular flexibility index (Phi) is 4.18. The predicted octanol–water partition coefficient (Wildman–Crippen LogP) is 2.94. The molecule has 5 nitrogen and oxygen atoms in total. The normalized spacial score (nSPS) is 32.3. The molecule has 0 aliphatic heterocycles. The molecule has 0 atom stereocenters. The summed E-state index contributed by atoms with van der Waals surface area (Å²) in [6.07, 6.45) is 7.29. The minimum Gasteiger partial charge on any atom is -0.497 e. The molecule has 0 unspecified atom stereocenters. The van der Waals surface area contributed by atoms with Crippen LogP contribution in [0.2, 0.25) is 0 Å². The molecule has 4 aliphatic carbocycles. The van der Waals surface area contributed by atoms with Crippen LogP contribution in [0.4, 0.5) is 0 Å². The molecule has 0 saturated heterocycles. The molecule has 134 valence electrons. The van der Waals surface area contributed by atoms with Gasteiger partial charge >= 0.3 is 5.97 Å². The topological polar surface area (TPSA) is 64.6 Å². The SMILES string of the molecule is COc1ccc(C(=O)OCC(=O)NC23CC4CC(CC(C4)C2)C3)cc1. The first-order valence-electron chi connectivity index (χ1n) is 9.17. The maximum Gasteiger partial charge on any atom is 0.338 e. The zero-order valence-corrected chi connectivity index (χ0v) is 14.6. The van der Waals surface area contributed by atoms with Gasteiger partial charge in [-0.25, -0.2) is 4.79 Å². The van der Waals surface area contributed by atoms with Gasteiger partial charge in [0.1, 0.15) is 5.75 Å². The summed E-state index contributed by atoms with van der Waals surface area (Å²) in [4.78, 5) is 24.4. The number of hydrogen-bond donors (Lipinski definition) is 1. The Morgan fingerprint density at radius 3 is 2.12 bits per heavy atom. The maximum absolute atomic E-state index is 12.4. The largest absolute Gasteiger partial charge is 0.497 e. The van der Waals surface area contributed by atoms with Crippen molar-refractivity contribution in [3.63, 3.8) is 0 Å². The molecule has 0 heterocycles. The Labute approximate surface area is 148 Å². The standard InChI is InChI=1S/C20H25NO4/c1-24-17-4-2-16(3-5-17)19(23)25-12-18(22)21-20-9-13-6-14(10-20)8-15(7-13)11-20/h2-5,13-15H,6-12H2,1H3,(H,21,22). The molecule has 1 amide bonds. The van der Waals surface area contributed by atoms with E-state index in [-0.39, 0.29) is 18.1 Å². The fourth-order valence-electron chi connectivity index (χ4n) is 5.54. The summed E-state index contributed by atoms with van der Waals surface area (Å²) in [7, 11) is 1.57. The fraction of sp³-hybridized carbons (Fsp3) is 0.600. The van der Waals surface area contributed by atoms with Crippen molar-refractivity contribution in [2.45, 2.75) is 44.1 Å². The lowest BCUT2D eigenvalue weighted by Crippen LogP contribution is -2.60. The highest BCUT2D eigenvalue weighted by Crippen LogP contribution is 2.55. The first-order valence-corrected chi connectivity index (χ1v) is 9.17. The van der Waals surface area contributed by atoms with Crippen molar-refractivity contribution in [2.75, 3.05) is 13.7 Å². The number of hydrogen-bond acceptors (Lipinski definition) is 4. The van der Waals surface area contributed by atoms with E-state index in [2.05, 4.69) is 5.32 Å². The highest BCUT2D eigenvalue weighted by molar-refractivity contribution is 5.91. The molecule has 1 aromatic carbocycles. The second-order valence-corrected chi connectivity index (χ2v) is 8.05. The molecule has 4 fully saturated rings. The van der Waals surface area contributed by atoms with Gasteiger partial charge < -0.3 is 14.8 Å². The van der Waals surface area contributed by atoms with E-state index in [1.807, 2.05) is 0 Å². The molecular formula is C20H25NO4. The lowest BCUT2D eigenvalue weighted by Gasteiger charge is -2.56. The number of nitrogens with one attached hydrogen (secondary N) is 1. The number of benzene rings is 1. The second-order valence-electron chi connectivity index (χ2n) is 8.05. The summed E-state index contributed by atoms with van der Waals surface area (Å²) in [5.74, 6) is 2.33. The molecule has 4 bridgehead atoms. The van der Waals surface area contributed by atoms with Gasteiger partial charge in [0.2, 0.25) is 0 Å². The van der Waals surface area contributed by atoms with Crippen molar-refractivity contribution in [1.82, 2.24) is 5.32 Å². The molecule has 4 saturated carbocycles. The Hall–Kier alpha value is -2.04. The molecular weight excluding hydrogens is 318 g/mol. The quantitative estimate of drug-likeness (QED) is 0.835. The van der Waals surface area contributed by atoms with Crippen LogP contribution in [0, 0.1) is 17.8 Å². The zero-order valence-electron chi connectivity index (χ0n) is 14.6. The summed E-state index contributed by atoms with van der Waals surface area (Å²) < 4.78 is 10.3. The maximum atomic E-state index is 12.4. The Morgan fingerprint density at radius 2 is 1.60 bits per heavy atom. The van der Waals surface area contributed by atoms with Gasteiger partial charge in [-0.05, 0) is 80.5 Å². The van der Waals surface area contributed by atoms with E-state index < -0.39 is 5.97 Å². The van der Waals surface area contributed by atoms with E-state index >= 15 is 0 Å². The van der Waals surface area contributed by atoms with E-state index in [1.54, 1.807) is 31.4 Å². The molecule has 5 heteroatoms. The number of ether oxygens (including phenoxy) is 2. The summed E-state index contributed by atoms with van der Waals surface area (Å²) in [5.41, 5.74) is 0.377. The minimum atomic E-state index is -0.483. The van der Waals surface area contributed by atoms with Crippen LogP contribution in [0.3, 0.4) is 0 Å². The van der Waals surface area contributed by atoms with Crippen LogP contribution in [-0.2, 0) is 9.53 Å². The van der Waals surface area contributed by atoms with E-state index in [0.29, 0.717) is 11.3 Å². The average molecular weight is 343 g/mol. The molecule has 1 N–H and O–H groups in total. The number of carbonyl (C=O) groups excluding carboxylic acids is 2. The van der Waals surface area contributed by atoms with Gasteiger partial charge in [-0.15, -0.1) is 0 Å². The predicted molar refractivity (Wildman–Crippen MR) is 92.3 cm³/mol. The first kappa shape index (κ1) is 16.4. The fourth-order valence-corrected chi connectivity index (χ4v) is 5.54. The van der Waals surface area contributed by atoms with Crippen molar-refractivity contribution < 1.29 is 19.1 Å². The van der Waals surface area contributed by atoms with Crippen LogP contribution in [-0.4, -0.2) is 31.1 Å². The van der Waals surface area contributed by atoms with Crippen LogP contribution in [0.25, 0.3) is 0 Å². The number of methoxy groups -OCH3 is 1. The van der Waals surface area contributed by atoms with Crippen molar-refractivity contribution in [3.05, 3.63) is 29.8 Å². The lowest BCUT2D eigenvalue weighted by molar-refractivity contribution is -0.130. The molecule has 0 aromatic heterocycles. The third kappa shape index (κ3) is 3.37. The second kappa shape index (κ2) is 6.36. The molecule has 25 heavy (non-hydrogen) atoms. The first-order chi connectivity index (χ1) is 12.0. The zero-order chi connectivity index (χ0) is 17.4. The van der Waals surface area contributed by atoms with Crippen LogP contribution in [0.1, 0.15) is 48.9 Å². The van der Waals surface area contributed by atoms with Crippen LogP contribution < -0.4 is 10.1 Å². The average Bonchev–Trinajstić information content (AvgIpc) is 2.58. The molecule has 1 aromatic rings. The van der Waals surface area contributed by atoms with E-state index in [9.17, 15) is 9.59 Å². The van der Waals surface area contributed by atoms with Gasteiger partial charge in [0.05, 0.1) is 12.7 Å². The van der Waals surface area contributed by atoms with Gasteiger partial charge in [0.15, 0.2) is 6.61 Å². The number of amides is 1. The summed E-state index contributed by atoms with van der Waals surface area (Å²) in [6.45, 7) is -0.216. The number of rotatable bonds is 5. The van der Waals surface area contributed by atoms with Gasteiger partial charge in [0, 0.05) is 5.54 Å². The van der Waals surface area contributed by atoms with Crippen molar-refractivity contribution in [1.29, 1.82) is 0 Å². The van der Waals surface area contributed by atoms with Crippen LogP contribution >= 0.6 is 0 Å². The van der Waals surface area contributed by atoms with Crippen molar-refractivity contribution >= 4 is 11.9 Å². The number of carbonyl (C=O) groups is 2. The van der Waals surface area contributed by atoms with E-state index in [4.69, 9.17) is 9.47 Å².